The van der Waals surface area contributed by atoms with Crippen molar-refractivity contribution in [1.29, 1.82) is 5.26 Å². The van der Waals surface area contributed by atoms with E-state index in [9.17, 15) is 5.26 Å². The second kappa shape index (κ2) is 9.12. The van der Waals surface area contributed by atoms with Crippen LogP contribution < -0.4 is 0 Å². The van der Waals surface area contributed by atoms with Gasteiger partial charge < -0.3 is 4.40 Å². The lowest BCUT2D eigenvalue weighted by Crippen LogP contribution is -2.04. The SMILES string of the molecule is N#Cc1cccc(-c2nc(-n3c4ccc5ccccc5c4c4c5c6ccccc6n6c7ccccc7c(cc43)c56)nc3ncccc23)c1. The van der Waals surface area contributed by atoms with Crippen LogP contribution in [0.1, 0.15) is 5.56 Å². The molecule has 0 unspecified atom stereocenters. The van der Waals surface area contributed by atoms with Crippen molar-refractivity contribution in [3.63, 3.8) is 0 Å². The molecular weight excluding hydrogens is 589 g/mol. The number of fused-ring (bicyclic) bond motifs is 13. The molecule has 11 aromatic rings. The van der Waals surface area contributed by atoms with Gasteiger partial charge in [0, 0.05) is 49.5 Å². The van der Waals surface area contributed by atoms with E-state index in [1.54, 1.807) is 6.20 Å². The highest BCUT2D eigenvalue weighted by Gasteiger charge is 2.26. The lowest BCUT2D eigenvalue weighted by molar-refractivity contribution is 1.01. The predicted molar refractivity (Wildman–Crippen MR) is 194 cm³/mol. The Morgan fingerprint density at radius 3 is 2.19 bits per heavy atom. The Kier molecular flexibility index (Phi) is 4.82. The first-order valence-electron chi connectivity index (χ1n) is 15.9. The third kappa shape index (κ3) is 3.17. The van der Waals surface area contributed by atoms with Gasteiger partial charge in [-0.25, -0.2) is 9.97 Å². The summed E-state index contributed by atoms with van der Waals surface area (Å²) in [4.78, 5) is 15.2. The van der Waals surface area contributed by atoms with Crippen LogP contribution in [-0.2, 0) is 0 Å². The van der Waals surface area contributed by atoms with Gasteiger partial charge in [-0.1, -0.05) is 78.9 Å². The van der Waals surface area contributed by atoms with Gasteiger partial charge in [-0.05, 0) is 59.3 Å². The molecule has 5 heterocycles. The van der Waals surface area contributed by atoms with E-state index in [0.29, 0.717) is 17.2 Å². The zero-order valence-electron chi connectivity index (χ0n) is 25.4. The molecule has 0 saturated heterocycles. The lowest BCUT2D eigenvalue weighted by atomic mass is 9.99. The van der Waals surface area contributed by atoms with Gasteiger partial charge >= 0.3 is 0 Å². The van der Waals surface area contributed by atoms with E-state index in [1.165, 1.54) is 59.6 Å². The van der Waals surface area contributed by atoms with Crippen molar-refractivity contribution in [2.24, 2.45) is 0 Å². The van der Waals surface area contributed by atoms with Crippen LogP contribution in [-0.4, -0.2) is 23.9 Å². The van der Waals surface area contributed by atoms with Crippen molar-refractivity contribution in [3.8, 4) is 23.3 Å². The zero-order valence-corrected chi connectivity index (χ0v) is 25.4. The highest BCUT2D eigenvalue weighted by molar-refractivity contribution is 6.38. The average Bonchev–Trinajstić information content (AvgIpc) is 3.79. The molecule has 0 amide bonds. The summed E-state index contributed by atoms with van der Waals surface area (Å²) in [6.45, 7) is 0. The van der Waals surface area contributed by atoms with Gasteiger partial charge in [0.15, 0.2) is 5.65 Å². The Balaban J connectivity index is 1.40. The van der Waals surface area contributed by atoms with Gasteiger partial charge in [0.25, 0.3) is 0 Å². The van der Waals surface area contributed by atoms with E-state index in [2.05, 4.69) is 106 Å². The van der Waals surface area contributed by atoms with E-state index in [4.69, 9.17) is 15.0 Å². The highest BCUT2D eigenvalue weighted by atomic mass is 15.2. The molecule has 11 rings (SSSR count). The van der Waals surface area contributed by atoms with Crippen molar-refractivity contribution in [2.75, 3.05) is 0 Å². The van der Waals surface area contributed by atoms with Gasteiger partial charge in [-0.2, -0.15) is 10.2 Å². The summed E-state index contributed by atoms with van der Waals surface area (Å²) in [6, 6.07) is 46.5. The van der Waals surface area contributed by atoms with Crippen LogP contribution in [0, 0.1) is 11.3 Å². The Morgan fingerprint density at radius 2 is 1.31 bits per heavy atom. The monoisotopic (exact) mass is 610 g/mol. The van der Waals surface area contributed by atoms with E-state index < -0.39 is 0 Å². The summed E-state index contributed by atoms with van der Waals surface area (Å²) in [7, 11) is 0. The summed E-state index contributed by atoms with van der Waals surface area (Å²) in [5.41, 5.74) is 8.44. The highest BCUT2D eigenvalue weighted by Crippen LogP contribution is 2.47. The Morgan fingerprint density at radius 1 is 0.542 bits per heavy atom. The maximum Gasteiger partial charge on any atom is 0.237 e. The number of benzene rings is 6. The summed E-state index contributed by atoms with van der Waals surface area (Å²) in [6.07, 6.45) is 1.77. The molecule has 6 aromatic carbocycles. The van der Waals surface area contributed by atoms with Crippen LogP contribution in [0.4, 0.5) is 0 Å². The van der Waals surface area contributed by atoms with Crippen LogP contribution in [0.3, 0.4) is 0 Å². The third-order valence-corrected chi connectivity index (χ3v) is 9.92. The smallest absolute Gasteiger partial charge is 0.237 e. The molecule has 0 saturated carbocycles. The number of aromatic nitrogens is 5. The molecule has 0 aliphatic carbocycles. The molecule has 6 heteroatoms. The van der Waals surface area contributed by atoms with Crippen molar-refractivity contribution in [3.05, 3.63) is 139 Å². The molecule has 48 heavy (non-hydrogen) atoms. The first kappa shape index (κ1) is 25.4. The van der Waals surface area contributed by atoms with Crippen LogP contribution in [0.25, 0.3) is 98.9 Å². The normalized spacial score (nSPS) is 12.1. The van der Waals surface area contributed by atoms with Gasteiger partial charge in [0.1, 0.15) is 0 Å². The topological polar surface area (TPSA) is 71.8 Å². The molecule has 0 aliphatic heterocycles. The first-order chi connectivity index (χ1) is 23.8. The fourth-order valence-corrected chi connectivity index (χ4v) is 8.00. The lowest BCUT2D eigenvalue weighted by Gasteiger charge is -2.11. The largest absolute Gasteiger partial charge is 0.308 e. The standard InChI is InChI=1S/C42H22N6/c43-23-24-9-7-11-26(21-24)39-30-15-8-20-44-41(30)46-42(45-39)48-34-19-18-25-10-1-2-12-27(25)36(34)38-35(48)22-31-28-13-3-5-16-32(28)47-33-17-6-4-14-29(33)37(38)40(31)47/h1-22H. The summed E-state index contributed by atoms with van der Waals surface area (Å²) in [5.74, 6) is 0.537. The quantitative estimate of drug-likeness (QED) is 0.195. The molecule has 0 fully saturated rings. The number of nitrogens with zero attached hydrogens (tertiary/aromatic N) is 6. The van der Waals surface area contributed by atoms with Crippen molar-refractivity contribution in [1.82, 2.24) is 23.9 Å². The van der Waals surface area contributed by atoms with E-state index >= 15 is 0 Å². The fourth-order valence-electron chi connectivity index (χ4n) is 8.00. The van der Waals surface area contributed by atoms with E-state index in [-0.39, 0.29) is 0 Å². The second-order valence-electron chi connectivity index (χ2n) is 12.4. The molecule has 0 bridgehead atoms. The first-order valence-corrected chi connectivity index (χ1v) is 15.9. The van der Waals surface area contributed by atoms with Gasteiger partial charge in [-0.3, -0.25) is 4.57 Å². The zero-order chi connectivity index (χ0) is 31.5. The molecule has 0 aliphatic rings. The molecule has 220 valence electrons. The van der Waals surface area contributed by atoms with Crippen molar-refractivity contribution < 1.29 is 0 Å². The molecule has 0 N–H and O–H groups in total. The third-order valence-electron chi connectivity index (χ3n) is 9.92. The van der Waals surface area contributed by atoms with Crippen LogP contribution in [0.5, 0.6) is 0 Å². The minimum Gasteiger partial charge on any atom is -0.308 e. The molecule has 0 spiro atoms. The minimum atomic E-state index is 0.537. The molecule has 6 nitrogen and oxygen atoms in total. The molecular formula is C42H22N6. The second-order valence-corrected chi connectivity index (χ2v) is 12.4. The van der Waals surface area contributed by atoms with E-state index in [1.807, 2.05) is 36.4 Å². The summed E-state index contributed by atoms with van der Waals surface area (Å²) >= 11 is 0. The van der Waals surface area contributed by atoms with E-state index in [0.717, 1.165) is 27.7 Å². The maximum atomic E-state index is 9.72. The number of para-hydroxylation sites is 2. The minimum absolute atomic E-state index is 0.537. The van der Waals surface area contributed by atoms with Crippen LogP contribution in [0.2, 0.25) is 0 Å². The van der Waals surface area contributed by atoms with Crippen molar-refractivity contribution >= 4 is 81.7 Å². The number of rotatable bonds is 2. The number of hydrogen-bond donors (Lipinski definition) is 0. The number of hydrogen-bond acceptors (Lipinski definition) is 4. The van der Waals surface area contributed by atoms with Gasteiger partial charge in [-0.15, -0.1) is 0 Å². The van der Waals surface area contributed by atoms with Gasteiger partial charge in [0.05, 0.1) is 44.9 Å². The molecule has 5 aromatic heterocycles. The average molecular weight is 611 g/mol. The summed E-state index contributed by atoms with van der Waals surface area (Å²) < 4.78 is 4.64. The molecule has 0 atom stereocenters. The van der Waals surface area contributed by atoms with Crippen LogP contribution >= 0.6 is 0 Å². The van der Waals surface area contributed by atoms with Crippen LogP contribution in [0.15, 0.2) is 134 Å². The Hall–Kier alpha value is -6.84. The predicted octanol–water partition coefficient (Wildman–Crippen LogP) is 9.96. The molecule has 0 radical (unpaired) electrons. The van der Waals surface area contributed by atoms with Gasteiger partial charge in [0.2, 0.25) is 5.95 Å². The fraction of sp³-hybridized carbons (Fsp3) is 0. The van der Waals surface area contributed by atoms with Crippen molar-refractivity contribution in [2.45, 2.75) is 0 Å². The number of pyridine rings is 1. The maximum absolute atomic E-state index is 9.72. The number of nitriles is 1. The Labute approximate surface area is 272 Å². The summed E-state index contributed by atoms with van der Waals surface area (Å²) in [5, 5.41) is 20.1. The Bertz CT molecular complexity index is 3200.